The zero-order valence-corrected chi connectivity index (χ0v) is 25.5. The SMILES string of the molecule is CC(O)c1ccccc1CCCc1cccc(/C=C/c2ccc3ccc(Cl)cc3n2)c1.CO.O=CCC1(CS)CC1. The first kappa shape index (κ1) is 32.6. The molecule has 5 rings (SSSR count). The minimum Gasteiger partial charge on any atom is -0.400 e. The number of carbonyl (C=O) groups is 1. The summed E-state index contributed by atoms with van der Waals surface area (Å²) in [5.74, 6) is 0.881. The Morgan fingerprint density at radius 3 is 2.41 bits per heavy atom. The molecular weight excluding hydrogens is 550 g/mol. The zero-order chi connectivity index (χ0) is 29.7. The molecule has 6 heteroatoms. The van der Waals surface area contributed by atoms with E-state index in [4.69, 9.17) is 16.7 Å². The highest BCUT2D eigenvalue weighted by Crippen LogP contribution is 2.48. The molecule has 0 aliphatic heterocycles. The molecule has 2 N–H and O–H groups in total. The number of hydrogen-bond donors (Lipinski definition) is 3. The van der Waals surface area contributed by atoms with Crippen LogP contribution in [0.5, 0.6) is 0 Å². The summed E-state index contributed by atoms with van der Waals surface area (Å²) in [6, 6.07) is 26.6. The zero-order valence-electron chi connectivity index (χ0n) is 23.8. The lowest BCUT2D eigenvalue weighted by Crippen LogP contribution is -2.01. The van der Waals surface area contributed by atoms with Crippen LogP contribution in [-0.2, 0) is 17.6 Å². The van der Waals surface area contributed by atoms with Crippen molar-refractivity contribution >= 4 is 53.6 Å². The summed E-state index contributed by atoms with van der Waals surface area (Å²) in [5, 5.41) is 18.7. The molecule has 1 aliphatic carbocycles. The van der Waals surface area contributed by atoms with Crippen LogP contribution < -0.4 is 0 Å². The number of nitrogens with zero attached hydrogens (tertiary/aromatic N) is 1. The minimum atomic E-state index is -0.426. The monoisotopic (exact) mass is 589 g/mol. The van der Waals surface area contributed by atoms with Crippen LogP contribution in [0.25, 0.3) is 23.1 Å². The lowest BCUT2D eigenvalue weighted by atomic mass is 9.97. The van der Waals surface area contributed by atoms with Gasteiger partial charge < -0.3 is 15.0 Å². The van der Waals surface area contributed by atoms with Gasteiger partial charge >= 0.3 is 0 Å². The third-order valence-corrected chi connectivity index (χ3v) is 8.20. The molecule has 3 aromatic carbocycles. The van der Waals surface area contributed by atoms with Gasteiger partial charge in [-0.25, -0.2) is 4.98 Å². The van der Waals surface area contributed by atoms with Crippen molar-refractivity contribution in [2.75, 3.05) is 12.9 Å². The number of rotatable bonds is 10. The second-order valence-electron chi connectivity index (χ2n) is 10.4. The summed E-state index contributed by atoms with van der Waals surface area (Å²) < 4.78 is 0. The fourth-order valence-corrected chi connectivity index (χ4v) is 5.28. The Bertz CT molecular complexity index is 1430. The highest BCUT2D eigenvalue weighted by molar-refractivity contribution is 7.80. The summed E-state index contributed by atoms with van der Waals surface area (Å²) in [6.07, 6.45) is 10.9. The van der Waals surface area contributed by atoms with Crippen LogP contribution in [0.1, 0.15) is 66.7 Å². The molecule has 41 heavy (non-hydrogen) atoms. The van der Waals surface area contributed by atoms with Crippen molar-refractivity contribution in [3.63, 3.8) is 0 Å². The Kier molecular flexibility index (Phi) is 13.1. The molecule has 4 nitrogen and oxygen atoms in total. The maximum Gasteiger partial charge on any atom is 0.120 e. The van der Waals surface area contributed by atoms with Crippen LogP contribution in [0.15, 0.2) is 78.9 Å². The second-order valence-corrected chi connectivity index (χ2v) is 11.2. The van der Waals surface area contributed by atoms with Crippen LogP contribution in [0.3, 0.4) is 0 Å². The molecule has 1 aliphatic rings. The van der Waals surface area contributed by atoms with Gasteiger partial charge in [-0.3, -0.25) is 0 Å². The highest BCUT2D eigenvalue weighted by atomic mass is 35.5. The molecule has 1 atom stereocenters. The predicted octanol–water partition coefficient (Wildman–Crippen LogP) is 8.18. The van der Waals surface area contributed by atoms with Crippen molar-refractivity contribution in [3.8, 4) is 0 Å². The fraction of sp³-hybridized carbons (Fsp3) is 0.314. The van der Waals surface area contributed by atoms with E-state index in [1.807, 2.05) is 55.5 Å². The Morgan fingerprint density at radius 2 is 1.73 bits per heavy atom. The van der Waals surface area contributed by atoms with E-state index in [2.05, 4.69) is 60.1 Å². The van der Waals surface area contributed by atoms with E-state index in [9.17, 15) is 9.90 Å². The fourth-order valence-electron chi connectivity index (χ4n) is 4.67. The third kappa shape index (κ3) is 10.1. The minimum absolute atomic E-state index is 0.338. The number of thiol groups is 1. The molecule has 0 radical (unpaired) electrons. The molecule has 0 bridgehead atoms. The summed E-state index contributed by atoms with van der Waals surface area (Å²) >= 11 is 10.2. The first-order valence-corrected chi connectivity index (χ1v) is 15.0. The Labute approximate surface area is 254 Å². The van der Waals surface area contributed by atoms with Crippen molar-refractivity contribution < 1.29 is 15.0 Å². The maximum atomic E-state index is 9.99. The summed E-state index contributed by atoms with van der Waals surface area (Å²) in [6.45, 7) is 1.83. The van der Waals surface area contributed by atoms with Crippen molar-refractivity contribution in [2.45, 2.75) is 51.6 Å². The van der Waals surface area contributed by atoms with Gasteiger partial charge in [0.2, 0.25) is 0 Å². The summed E-state index contributed by atoms with van der Waals surface area (Å²) in [7, 11) is 1.00. The van der Waals surface area contributed by atoms with Crippen LogP contribution in [0.4, 0.5) is 0 Å². The molecule has 0 amide bonds. The van der Waals surface area contributed by atoms with Gasteiger partial charge in [0.25, 0.3) is 0 Å². The molecule has 1 aromatic heterocycles. The number of hydrogen-bond acceptors (Lipinski definition) is 5. The summed E-state index contributed by atoms with van der Waals surface area (Å²) in [4.78, 5) is 14.7. The number of aliphatic hydroxyl groups excluding tert-OH is 2. The first-order valence-electron chi connectivity index (χ1n) is 14.0. The standard InChI is InChI=1S/C28H26ClNO.C6H10OS.CH4O/c1-20(31)27-11-3-2-9-23(27)10-5-8-21-6-4-7-22(18-21)12-16-26-17-14-24-13-15-25(29)19-28(24)30-26;7-4-3-6(5-8)1-2-6;1-2/h2-4,6-7,9,11-20,31H,5,8,10H2,1H3;4,8H,1-3,5H2;2H,1H3/b16-12+;;. The van der Waals surface area contributed by atoms with Crippen molar-refractivity contribution in [2.24, 2.45) is 5.41 Å². The van der Waals surface area contributed by atoms with E-state index in [0.29, 0.717) is 10.4 Å². The van der Waals surface area contributed by atoms with Gasteiger partial charge in [-0.1, -0.05) is 78.3 Å². The van der Waals surface area contributed by atoms with Crippen LogP contribution in [0.2, 0.25) is 5.02 Å². The Hall–Kier alpha value is -2.96. The van der Waals surface area contributed by atoms with Gasteiger partial charge in [0, 0.05) is 23.9 Å². The smallest absolute Gasteiger partial charge is 0.120 e. The molecule has 216 valence electrons. The van der Waals surface area contributed by atoms with E-state index < -0.39 is 6.10 Å². The Morgan fingerprint density at radius 1 is 0.976 bits per heavy atom. The van der Waals surface area contributed by atoms with E-state index in [1.165, 1.54) is 24.0 Å². The number of aryl methyl sites for hydroxylation is 2. The normalized spacial score (nSPS) is 14.0. The lowest BCUT2D eigenvalue weighted by molar-refractivity contribution is -0.108. The lowest BCUT2D eigenvalue weighted by Gasteiger charge is -2.11. The number of pyridine rings is 1. The van der Waals surface area contributed by atoms with Gasteiger partial charge in [-0.15, -0.1) is 0 Å². The number of fused-ring (bicyclic) bond motifs is 1. The largest absolute Gasteiger partial charge is 0.400 e. The Balaban J connectivity index is 0.000000394. The van der Waals surface area contributed by atoms with Gasteiger partial charge in [0.05, 0.1) is 17.3 Å². The van der Waals surface area contributed by atoms with Gasteiger partial charge in [0.1, 0.15) is 6.29 Å². The average molecular weight is 590 g/mol. The maximum absolute atomic E-state index is 9.99. The van der Waals surface area contributed by atoms with Crippen molar-refractivity contribution in [3.05, 3.63) is 112 Å². The van der Waals surface area contributed by atoms with E-state index in [0.717, 1.165) is 72.6 Å². The number of aldehydes is 1. The molecule has 1 fully saturated rings. The first-order chi connectivity index (χ1) is 19.9. The second kappa shape index (κ2) is 16.5. The molecule has 0 saturated heterocycles. The number of halogens is 1. The quantitative estimate of drug-likeness (QED) is 0.129. The number of benzene rings is 3. The molecule has 4 aromatic rings. The van der Waals surface area contributed by atoms with E-state index in [-0.39, 0.29) is 0 Å². The van der Waals surface area contributed by atoms with Crippen LogP contribution in [-0.4, -0.2) is 34.3 Å². The van der Waals surface area contributed by atoms with Crippen LogP contribution >= 0.6 is 24.2 Å². The topological polar surface area (TPSA) is 70.4 Å². The van der Waals surface area contributed by atoms with Crippen molar-refractivity contribution in [1.82, 2.24) is 4.98 Å². The number of aliphatic hydroxyl groups is 2. The summed E-state index contributed by atoms with van der Waals surface area (Å²) in [5.41, 5.74) is 6.89. The molecular formula is C35H40ClNO3S. The highest BCUT2D eigenvalue weighted by Gasteiger charge is 2.40. The van der Waals surface area contributed by atoms with Gasteiger partial charge in [0.15, 0.2) is 0 Å². The van der Waals surface area contributed by atoms with Gasteiger partial charge in [-0.05, 0) is 96.7 Å². The molecule has 0 spiro atoms. The predicted molar refractivity (Wildman–Crippen MR) is 176 cm³/mol. The average Bonchev–Trinajstić information content (AvgIpc) is 3.78. The number of carbonyl (C=O) groups excluding carboxylic acids is 1. The molecule has 1 saturated carbocycles. The van der Waals surface area contributed by atoms with E-state index in [1.54, 1.807) is 0 Å². The van der Waals surface area contributed by atoms with Crippen molar-refractivity contribution in [1.29, 1.82) is 0 Å². The number of aromatic nitrogens is 1. The van der Waals surface area contributed by atoms with Gasteiger partial charge in [-0.2, -0.15) is 12.6 Å². The third-order valence-electron chi connectivity index (χ3n) is 7.30. The molecule has 1 heterocycles. The van der Waals surface area contributed by atoms with Crippen LogP contribution in [0, 0.1) is 5.41 Å². The van der Waals surface area contributed by atoms with E-state index >= 15 is 0 Å². The molecule has 1 unspecified atom stereocenters.